The molecular formula is C17H11F3O5. The van der Waals surface area contributed by atoms with E-state index in [-0.39, 0.29) is 28.0 Å². The second-order valence-corrected chi connectivity index (χ2v) is 5.20. The predicted octanol–water partition coefficient (Wildman–Crippen LogP) is 3.90. The minimum atomic E-state index is -4.48. The predicted molar refractivity (Wildman–Crippen MR) is 82.8 cm³/mol. The largest absolute Gasteiger partial charge is 0.504 e. The van der Waals surface area contributed by atoms with E-state index in [9.17, 15) is 28.2 Å². The van der Waals surface area contributed by atoms with Crippen molar-refractivity contribution in [2.45, 2.75) is 6.18 Å². The second-order valence-electron chi connectivity index (χ2n) is 5.20. The summed E-state index contributed by atoms with van der Waals surface area (Å²) >= 11 is 0. The number of phenols is 2. The fourth-order valence-electron chi connectivity index (χ4n) is 2.44. The van der Waals surface area contributed by atoms with Gasteiger partial charge >= 0.3 is 6.18 Å². The van der Waals surface area contributed by atoms with Gasteiger partial charge in [0.1, 0.15) is 16.7 Å². The van der Waals surface area contributed by atoms with Crippen LogP contribution in [0.5, 0.6) is 17.2 Å². The van der Waals surface area contributed by atoms with Crippen LogP contribution in [0, 0.1) is 0 Å². The maximum absolute atomic E-state index is 12.6. The lowest BCUT2D eigenvalue weighted by Crippen LogP contribution is -2.04. The molecule has 0 saturated carbocycles. The molecule has 8 heteroatoms. The third kappa shape index (κ3) is 2.86. The SMILES string of the molecule is COc1c(O)cc2oc(-c3ccc(C(F)(F)F)cc3)cc(=O)c2c1O. The molecule has 0 amide bonds. The van der Waals surface area contributed by atoms with Crippen LogP contribution < -0.4 is 10.2 Å². The van der Waals surface area contributed by atoms with Gasteiger partial charge < -0.3 is 19.4 Å². The molecule has 0 radical (unpaired) electrons. The second kappa shape index (κ2) is 5.73. The number of hydrogen-bond acceptors (Lipinski definition) is 5. The number of ether oxygens (including phenoxy) is 1. The number of halogens is 3. The van der Waals surface area contributed by atoms with Crippen LogP contribution in [0.1, 0.15) is 5.56 Å². The van der Waals surface area contributed by atoms with Crippen molar-refractivity contribution in [3.8, 4) is 28.6 Å². The standard InChI is InChI=1S/C17H11F3O5/c1-24-16-11(22)7-13-14(15(16)23)10(21)6-12(25-13)8-2-4-9(5-3-8)17(18,19)20/h2-7,22-23H,1H3. The first-order valence-electron chi connectivity index (χ1n) is 6.96. The zero-order valence-corrected chi connectivity index (χ0v) is 12.7. The first-order valence-corrected chi connectivity index (χ1v) is 6.96. The van der Waals surface area contributed by atoms with Gasteiger partial charge in [0.05, 0.1) is 12.7 Å². The van der Waals surface area contributed by atoms with Gasteiger partial charge in [-0.05, 0) is 12.1 Å². The molecule has 5 nitrogen and oxygen atoms in total. The highest BCUT2D eigenvalue weighted by Gasteiger charge is 2.30. The van der Waals surface area contributed by atoms with Crippen molar-refractivity contribution in [2.24, 2.45) is 0 Å². The van der Waals surface area contributed by atoms with Gasteiger partial charge in [-0.25, -0.2) is 0 Å². The molecule has 130 valence electrons. The molecule has 1 heterocycles. The minimum absolute atomic E-state index is 0.00445. The summed E-state index contributed by atoms with van der Waals surface area (Å²) in [7, 11) is 1.21. The van der Waals surface area contributed by atoms with Gasteiger partial charge in [0, 0.05) is 17.7 Å². The molecule has 0 bridgehead atoms. The highest BCUT2D eigenvalue weighted by molar-refractivity contribution is 5.89. The van der Waals surface area contributed by atoms with Crippen molar-refractivity contribution in [2.75, 3.05) is 7.11 Å². The average molecular weight is 352 g/mol. The van der Waals surface area contributed by atoms with E-state index >= 15 is 0 Å². The van der Waals surface area contributed by atoms with Crippen LogP contribution in [0.25, 0.3) is 22.3 Å². The van der Waals surface area contributed by atoms with Crippen molar-refractivity contribution >= 4 is 11.0 Å². The molecule has 0 fully saturated rings. The smallest absolute Gasteiger partial charge is 0.416 e. The number of alkyl halides is 3. The van der Waals surface area contributed by atoms with E-state index in [0.717, 1.165) is 36.4 Å². The molecular weight excluding hydrogens is 341 g/mol. The number of hydrogen-bond donors (Lipinski definition) is 2. The van der Waals surface area contributed by atoms with Crippen LogP contribution in [0.2, 0.25) is 0 Å². The maximum Gasteiger partial charge on any atom is 0.416 e. The molecule has 0 aliphatic heterocycles. The zero-order valence-electron chi connectivity index (χ0n) is 12.7. The number of fused-ring (bicyclic) bond motifs is 1. The first-order chi connectivity index (χ1) is 11.7. The van der Waals surface area contributed by atoms with E-state index < -0.39 is 28.7 Å². The Morgan fingerprint density at radius 3 is 2.28 bits per heavy atom. The van der Waals surface area contributed by atoms with Gasteiger partial charge in [-0.3, -0.25) is 4.79 Å². The molecule has 0 atom stereocenters. The van der Waals surface area contributed by atoms with E-state index in [2.05, 4.69) is 0 Å². The van der Waals surface area contributed by atoms with Crippen LogP contribution in [0.3, 0.4) is 0 Å². The molecule has 25 heavy (non-hydrogen) atoms. The summed E-state index contributed by atoms with van der Waals surface area (Å²) < 4.78 is 48.1. The summed E-state index contributed by atoms with van der Waals surface area (Å²) in [5, 5.41) is 19.6. The quantitative estimate of drug-likeness (QED) is 0.731. The minimum Gasteiger partial charge on any atom is -0.504 e. The van der Waals surface area contributed by atoms with Crippen molar-refractivity contribution in [1.29, 1.82) is 0 Å². The van der Waals surface area contributed by atoms with Crippen molar-refractivity contribution in [3.63, 3.8) is 0 Å². The lowest BCUT2D eigenvalue weighted by atomic mass is 10.1. The molecule has 2 N–H and O–H groups in total. The number of aromatic hydroxyl groups is 2. The summed E-state index contributed by atoms with van der Waals surface area (Å²) in [4.78, 5) is 12.3. The number of methoxy groups -OCH3 is 1. The van der Waals surface area contributed by atoms with Crippen LogP contribution in [0.15, 0.2) is 45.6 Å². The molecule has 2 aromatic carbocycles. The number of benzene rings is 2. The van der Waals surface area contributed by atoms with Crippen LogP contribution >= 0.6 is 0 Å². The Kier molecular flexibility index (Phi) is 3.82. The maximum atomic E-state index is 12.6. The van der Waals surface area contributed by atoms with Gasteiger partial charge in [0.15, 0.2) is 16.9 Å². The monoisotopic (exact) mass is 352 g/mol. The van der Waals surface area contributed by atoms with Crippen molar-refractivity contribution < 1.29 is 32.5 Å². The van der Waals surface area contributed by atoms with E-state index in [0.29, 0.717) is 0 Å². The van der Waals surface area contributed by atoms with Gasteiger partial charge in [0.2, 0.25) is 5.75 Å². The Morgan fingerprint density at radius 2 is 1.72 bits per heavy atom. The lowest BCUT2D eigenvalue weighted by molar-refractivity contribution is -0.137. The Hall–Kier alpha value is -3.16. The van der Waals surface area contributed by atoms with Gasteiger partial charge in [-0.15, -0.1) is 0 Å². The third-order valence-corrected chi connectivity index (χ3v) is 3.63. The van der Waals surface area contributed by atoms with Crippen LogP contribution in [-0.2, 0) is 6.18 Å². The summed E-state index contributed by atoms with van der Waals surface area (Å²) in [5.41, 5.74) is -1.36. The molecule has 0 aliphatic carbocycles. The molecule has 3 rings (SSSR count). The Labute approximate surface area is 138 Å². The number of phenolic OH excluding ortho intramolecular Hbond substituents is 2. The normalized spacial score (nSPS) is 11.7. The number of rotatable bonds is 2. The first kappa shape index (κ1) is 16.7. The highest BCUT2D eigenvalue weighted by Crippen LogP contribution is 2.41. The zero-order chi connectivity index (χ0) is 18.4. The van der Waals surface area contributed by atoms with E-state index in [4.69, 9.17) is 9.15 Å². The van der Waals surface area contributed by atoms with E-state index in [1.807, 2.05) is 0 Å². The summed E-state index contributed by atoms with van der Waals surface area (Å²) in [5.74, 6) is -1.30. The van der Waals surface area contributed by atoms with Crippen LogP contribution in [0.4, 0.5) is 13.2 Å². The Bertz CT molecular complexity index is 1000. The topological polar surface area (TPSA) is 79.9 Å². The van der Waals surface area contributed by atoms with Gasteiger partial charge in [-0.1, -0.05) is 12.1 Å². The lowest BCUT2D eigenvalue weighted by Gasteiger charge is -2.10. The molecule has 1 aromatic heterocycles. The fraction of sp³-hybridized carbons (Fsp3) is 0.118. The molecule has 0 unspecified atom stereocenters. The van der Waals surface area contributed by atoms with E-state index in [1.54, 1.807) is 0 Å². The fourth-order valence-corrected chi connectivity index (χ4v) is 2.44. The molecule has 0 saturated heterocycles. The van der Waals surface area contributed by atoms with Crippen molar-refractivity contribution in [1.82, 2.24) is 0 Å². The van der Waals surface area contributed by atoms with Crippen molar-refractivity contribution in [3.05, 3.63) is 52.2 Å². The summed E-state index contributed by atoms with van der Waals surface area (Å²) in [6.45, 7) is 0. The van der Waals surface area contributed by atoms with Gasteiger partial charge in [-0.2, -0.15) is 13.2 Å². The summed E-state index contributed by atoms with van der Waals surface area (Å²) in [6.07, 6.45) is -4.48. The highest BCUT2D eigenvalue weighted by atomic mass is 19.4. The third-order valence-electron chi connectivity index (χ3n) is 3.63. The van der Waals surface area contributed by atoms with E-state index in [1.165, 1.54) is 7.11 Å². The molecule has 3 aromatic rings. The molecule has 0 aliphatic rings. The average Bonchev–Trinajstić information content (AvgIpc) is 2.53. The molecule has 0 spiro atoms. The van der Waals surface area contributed by atoms with Crippen LogP contribution in [-0.4, -0.2) is 17.3 Å². The van der Waals surface area contributed by atoms with Gasteiger partial charge in [0.25, 0.3) is 0 Å². The Morgan fingerprint density at radius 1 is 1.08 bits per heavy atom. The Balaban J connectivity index is 2.18. The summed E-state index contributed by atoms with van der Waals surface area (Å²) in [6, 6.07) is 6.18.